The molecule has 2 bridgehead atoms. The van der Waals surface area contributed by atoms with Crippen molar-refractivity contribution in [3.05, 3.63) is 34.1 Å². The van der Waals surface area contributed by atoms with Gasteiger partial charge in [-0.05, 0) is 40.5 Å². The van der Waals surface area contributed by atoms with Crippen molar-refractivity contribution in [2.24, 2.45) is 0 Å². The van der Waals surface area contributed by atoms with Crippen LogP contribution in [0.15, 0.2) is 22.7 Å². The van der Waals surface area contributed by atoms with Crippen molar-refractivity contribution < 1.29 is 4.39 Å². The van der Waals surface area contributed by atoms with Crippen molar-refractivity contribution >= 4 is 15.9 Å². The Bertz CT molecular complexity index is 488. The van der Waals surface area contributed by atoms with Crippen LogP contribution < -0.4 is 5.32 Å². The summed E-state index contributed by atoms with van der Waals surface area (Å²) < 4.78 is 14.3. The molecule has 4 rings (SSSR count). The van der Waals surface area contributed by atoms with Crippen molar-refractivity contribution in [3.63, 3.8) is 0 Å². The summed E-state index contributed by atoms with van der Waals surface area (Å²) in [5.41, 5.74) is 1.05. The Hall–Kier alpha value is -0.490. The average Bonchev–Trinajstić information content (AvgIpc) is 2.52. The molecule has 0 saturated carbocycles. The maximum atomic E-state index is 13.7. The van der Waals surface area contributed by atoms with Crippen molar-refractivity contribution in [2.45, 2.75) is 25.4 Å². The molecule has 0 spiro atoms. The molecule has 0 aliphatic carbocycles. The van der Waals surface area contributed by atoms with Crippen LogP contribution in [0.25, 0.3) is 0 Å². The van der Waals surface area contributed by atoms with E-state index >= 15 is 0 Å². The Morgan fingerprint density at radius 1 is 1.33 bits per heavy atom. The molecule has 3 aliphatic heterocycles. The highest BCUT2D eigenvalue weighted by molar-refractivity contribution is 9.10. The van der Waals surface area contributed by atoms with E-state index in [1.54, 1.807) is 6.07 Å². The molecule has 1 aromatic carbocycles. The number of fused-ring (bicyclic) bond motifs is 3. The average molecular weight is 356 g/mol. The van der Waals surface area contributed by atoms with Crippen LogP contribution in [0.5, 0.6) is 0 Å². The van der Waals surface area contributed by atoms with Crippen LogP contribution >= 0.6 is 15.9 Å². The van der Waals surface area contributed by atoms with E-state index < -0.39 is 0 Å². The molecule has 21 heavy (non-hydrogen) atoms. The number of halogens is 2. The Morgan fingerprint density at radius 2 is 2.10 bits per heavy atom. The Labute approximate surface area is 134 Å². The van der Waals surface area contributed by atoms with E-state index in [0.717, 1.165) is 38.2 Å². The Balaban J connectivity index is 1.77. The normalized spacial score (nSPS) is 29.6. The molecule has 3 fully saturated rings. The fourth-order valence-electron chi connectivity index (χ4n) is 3.59. The highest BCUT2D eigenvalue weighted by Gasteiger charge is 2.36. The molecule has 0 amide bonds. The molecule has 3 aliphatic rings. The maximum Gasteiger partial charge on any atom is 0.137 e. The summed E-state index contributed by atoms with van der Waals surface area (Å²) in [6, 6.07) is 6.23. The third-order valence-electron chi connectivity index (χ3n) is 4.72. The second-order valence-electron chi connectivity index (χ2n) is 5.99. The summed E-state index contributed by atoms with van der Waals surface area (Å²) in [5.74, 6) is -0.169. The molecule has 2 atom stereocenters. The quantitative estimate of drug-likeness (QED) is 0.872. The number of nitrogens with one attached hydrogen (secondary N) is 1. The van der Waals surface area contributed by atoms with Gasteiger partial charge in [0.2, 0.25) is 0 Å². The maximum absolute atomic E-state index is 13.7. The molecule has 0 aromatic heterocycles. The number of hydrogen-bond donors (Lipinski definition) is 1. The molecule has 3 nitrogen and oxygen atoms in total. The molecular formula is C16H23BrFN3. The van der Waals surface area contributed by atoms with Crippen LogP contribution in [0.2, 0.25) is 0 Å². The lowest BCUT2D eigenvalue weighted by atomic mass is 9.94. The van der Waals surface area contributed by atoms with Crippen molar-refractivity contribution in [2.75, 3.05) is 39.3 Å². The molecule has 2 unspecified atom stereocenters. The lowest BCUT2D eigenvalue weighted by molar-refractivity contribution is -0.00291. The zero-order chi connectivity index (χ0) is 14.8. The summed E-state index contributed by atoms with van der Waals surface area (Å²) in [4.78, 5) is 5.15. The topological polar surface area (TPSA) is 18.5 Å². The van der Waals surface area contributed by atoms with Crippen LogP contribution in [0.1, 0.15) is 12.5 Å². The van der Waals surface area contributed by atoms with Crippen molar-refractivity contribution in [3.8, 4) is 0 Å². The van der Waals surface area contributed by atoms with E-state index in [0.29, 0.717) is 16.6 Å². The minimum Gasteiger partial charge on any atom is -0.312 e. The fourth-order valence-corrected chi connectivity index (χ4v) is 4.01. The van der Waals surface area contributed by atoms with Gasteiger partial charge in [-0.3, -0.25) is 9.80 Å². The zero-order valence-corrected chi connectivity index (χ0v) is 14.1. The number of likely N-dealkylation sites (N-methyl/N-ethyl adjacent to an activating group) is 1. The van der Waals surface area contributed by atoms with E-state index in [2.05, 4.69) is 38.0 Å². The van der Waals surface area contributed by atoms with E-state index in [9.17, 15) is 4.39 Å². The standard InChI is InChI=1S/C16H23BrFN3/c1-2-19-14(10-12-4-3-5-13(18)16(12)17)15-11-20-6-8-21(15)9-7-20/h3-5,14-15,19H,2,6-11H2,1H3. The van der Waals surface area contributed by atoms with Gasteiger partial charge in [-0.15, -0.1) is 0 Å². The highest BCUT2D eigenvalue weighted by Crippen LogP contribution is 2.25. The molecule has 3 heterocycles. The highest BCUT2D eigenvalue weighted by atomic mass is 79.9. The van der Waals surface area contributed by atoms with Gasteiger partial charge in [0, 0.05) is 44.8 Å². The van der Waals surface area contributed by atoms with Crippen LogP contribution in [0, 0.1) is 5.82 Å². The summed E-state index contributed by atoms with van der Waals surface area (Å²) >= 11 is 3.40. The number of rotatable bonds is 5. The van der Waals surface area contributed by atoms with Gasteiger partial charge in [0.1, 0.15) is 5.82 Å². The predicted molar refractivity (Wildman–Crippen MR) is 87.1 cm³/mol. The second-order valence-corrected chi connectivity index (χ2v) is 6.78. The van der Waals surface area contributed by atoms with E-state index in [1.165, 1.54) is 19.2 Å². The second kappa shape index (κ2) is 6.73. The molecule has 1 N–H and O–H groups in total. The number of piperazine rings is 3. The van der Waals surface area contributed by atoms with E-state index in [4.69, 9.17) is 0 Å². The summed E-state index contributed by atoms with van der Waals surface area (Å²) in [6.45, 7) is 8.93. The van der Waals surface area contributed by atoms with Crippen LogP contribution in [0.4, 0.5) is 4.39 Å². The van der Waals surface area contributed by atoms with Gasteiger partial charge in [0.25, 0.3) is 0 Å². The van der Waals surface area contributed by atoms with Gasteiger partial charge in [-0.2, -0.15) is 0 Å². The van der Waals surface area contributed by atoms with Gasteiger partial charge in [0.05, 0.1) is 4.47 Å². The van der Waals surface area contributed by atoms with Crippen molar-refractivity contribution in [1.82, 2.24) is 15.1 Å². The SMILES string of the molecule is CCNC(Cc1cccc(F)c1Br)C1CN2CCN1CC2. The monoisotopic (exact) mass is 355 g/mol. The largest absolute Gasteiger partial charge is 0.312 e. The van der Waals surface area contributed by atoms with Gasteiger partial charge in [-0.25, -0.2) is 4.39 Å². The third-order valence-corrected chi connectivity index (χ3v) is 5.61. The molecule has 1 aromatic rings. The smallest absolute Gasteiger partial charge is 0.137 e. The first-order valence-electron chi connectivity index (χ1n) is 7.81. The number of benzene rings is 1. The first kappa shape index (κ1) is 15.4. The van der Waals surface area contributed by atoms with Crippen LogP contribution in [-0.4, -0.2) is 61.2 Å². The summed E-state index contributed by atoms with van der Waals surface area (Å²) in [5, 5.41) is 3.62. The number of hydrogen-bond acceptors (Lipinski definition) is 3. The van der Waals surface area contributed by atoms with Gasteiger partial charge >= 0.3 is 0 Å². The van der Waals surface area contributed by atoms with Gasteiger partial charge < -0.3 is 5.32 Å². The Morgan fingerprint density at radius 3 is 2.71 bits per heavy atom. The molecule has 5 heteroatoms. The lowest BCUT2D eigenvalue weighted by Gasteiger charge is -2.50. The minimum absolute atomic E-state index is 0.169. The molecule has 3 saturated heterocycles. The zero-order valence-electron chi connectivity index (χ0n) is 12.5. The van der Waals surface area contributed by atoms with Crippen LogP contribution in [0.3, 0.4) is 0 Å². The van der Waals surface area contributed by atoms with E-state index in [-0.39, 0.29) is 5.82 Å². The predicted octanol–water partition coefficient (Wildman–Crippen LogP) is 2.11. The van der Waals surface area contributed by atoms with Crippen LogP contribution in [-0.2, 0) is 6.42 Å². The summed E-state index contributed by atoms with van der Waals surface area (Å²) in [6.07, 6.45) is 0.862. The Kier molecular flexibility index (Phi) is 4.94. The van der Waals surface area contributed by atoms with Crippen molar-refractivity contribution in [1.29, 1.82) is 0 Å². The minimum atomic E-state index is -0.169. The summed E-state index contributed by atoms with van der Waals surface area (Å²) in [7, 11) is 0. The first-order valence-corrected chi connectivity index (χ1v) is 8.61. The van der Waals surface area contributed by atoms with E-state index in [1.807, 2.05) is 6.07 Å². The third kappa shape index (κ3) is 3.31. The first-order chi connectivity index (χ1) is 10.2. The molecular weight excluding hydrogens is 333 g/mol. The lowest BCUT2D eigenvalue weighted by Crippen LogP contribution is -2.66. The fraction of sp³-hybridized carbons (Fsp3) is 0.625. The van der Waals surface area contributed by atoms with Gasteiger partial charge in [0.15, 0.2) is 0 Å². The molecule has 116 valence electrons. The number of nitrogens with zero attached hydrogens (tertiary/aromatic N) is 2. The molecule has 0 radical (unpaired) electrons. The van der Waals surface area contributed by atoms with Gasteiger partial charge in [-0.1, -0.05) is 19.1 Å².